The minimum atomic E-state index is -3.52. The van der Waals surface area contributed by atoms with Crippen molar-refractivity contribution in [3.63, 3.8) is 0 Å². The SMILES string of the molecule is CN(C)CCN(C(=O)c1ccc(S(=O)(=O)N2CCCCC2)cc1)c1nc2ccccc2s1.Cl. The number of rotatable bonds is 7. The lowest BCUT2D eigenvalue weighted by atomic mass is 10.2. The van der Waals surface area contributed by atoms with Crippen LogP contribution in [0.25, 0.3) is 10.2 Å². The first-order valence-electron chi connectivity index (χ1n) is 10.8. The van der Waals surface area contributed by atoms with Crippen molar-refractivity contribution in [2.45, 2.75) is 24.2 Å². The highest BCUT2D eigenvalue weighted by molar-refractivity contribution is 7.89. The summed E-state index contributed by atoms with van der Waals surface area (Å²) in [4.78, 5) is 22.0. The van der Waals surface area contributed by atoms with E-state index in [4.69, 9.17) is 0 Å². The molecule has 3 aromatic rings. The summed E-state index contributed by atoms with van der Waals surface area (Å²) in [6.45, 7) is 2.28. The van der Waals surface area contributed by atoms with Gasteiger partial charge in [-0.2, -0.15) is 4.31 Å². The zero-order chi connectivity index (χ0) is 22.7. The van der Waals surface area contributed by atoms with Gasteiger partial charge in [-0.05, 0) is 63.3 Å². The van der Waals surface area contributed by atoms with Crippen molar-refractivity contribution in [3.8, 4) is 0 Å². The van der Waals surface area contributed by atoms with Crippen LogP contribution in [0.15, 0.2) is 53.4 Å². The number of para-hydroxylation sites is 1. The number of hydrogen-bond acceptors (Lipinski definition) is 6. The third kappa shape index (κ3) is 5.73. The van der Waals surface area contributed by atoms with Crippen LogP contribution in [0.2, 0.25) is 0 Å². The van der Waals surface area contributed by atoms with E-state index in [0.717, 1.165) is 29.5 Å². The van der Waals surface area contributed by atoms with Crippen molar-refractivity contribution < 1.29 is 13.2 Å². The van der Waals surface area contributed by atoms with Crippen LogP contribution in [-0.4, -0.2) is 68.8 Å². The number of anilines is 1. The van der Waals surface area contributed by atoms with E-state index in [1.807, 2.05) is 43.3 Å². The Balaban J connectivity index is 0.00000306. The average molecular weight is 509 g/mol. The Morgan fingerprint density at radius 3 is 2.30 bits per heavy atom. The lowest BCUT2D eigenvalue weighted by Crippen LogP contribution is -2.37. The second kappa shape index (κ2) is 10.9. The number of carbonyl (C=O) groups is 1. The van der Waals surface area contributed by atoms with E-state index >= 15 is 0 Å². The van der Waals surface area contributed by atoms with Crippen LogP contribution in [0.5, 0.6) is 0 Å². The smallest absolute Gasteiger partial charge is 0.260 e. The van der Waals surface area contributed by atoms with Crippen molar-refractivity contribution >= 4 is 55.0 Å². The van der Waals surface area contributed by atoms with E-state index in [-0.39, 0.29) is 23.2 Å². The zero-order valence-electron chi connectivity index (χ0n) is 18.8. The summed E-state index contributed by atoms with van der Waals surface area (Å²) < 4.78 is 28.4. The van der Waals surface area contributed by atoms with Gasteiger partial charge in [0.25, 0.3) is 5.91 Å². The Hall–Kier alpha value is -2.04. The zero-order valence-corrected chi connectivity index (χ0v) is 21.3. The fraction of sp³-hybridized carbons (Fsp3) is 0.391. The molecule has 1 aliphatic rings. The number of sulfonamides is 1. The minimum Gasteiger partial charge on any atom is -0.308 e. The number of halogens is 1. The molecular weight excluding hydrogens is 480 g/mol. The Kier molecular flexibility index (Phi) is 8.47. The Morgan fingerprint density at radius 1 is 1.00 bits per heavy atom. The number of nitrogens with zero attached hydrogens (tertiary/aromatic N) is 4. The van der Waals surface area contributed by atoms with Gasteiger partial charge in [0, 0.05) is 31.7 Å². The van der Waals surface area contributed by atoms with Crippen LogP contribution in [0, 0.1) is 0 Å². The molecule has 2 aromatic carbocycles. The fourth-order valence-electron chi connectivity index (χ4n) is 3.74. The summed E-state index contributed by atoms with van der Waals surface area (Å²) >= 11 is 1.48. The quantitative estimate of drug-likeness (QED) is 0.480. The highest BCUT2D eigenvalue weighted by Crippen LogP contribution is 2.30. The third-order valence-electron chi connectivity index (χ3n) is 5.58. The van der Waals surface area contributed by atoms with Crippen molar-refractivity contribution in [1.29, 1.82) is 0 Å². The first kappa shape index (κ1) is 25.6. The van der Waals surface area contributed by atoms with Crippen LogP contribution >= 0.6 is 23.7 Å². The van der Waals surface area contributed by atoms with Gasteiger partial charge in [0.2, 0.25) is 10.0 Å². The van der Waals surface area contributed by atoms with E-state index in [1.54, 1.807) is 29.2 Å². The van der Waals surface area contributed by atoms with Crippen molar-refractivity contribution in [3.05, 3.63) is 54.1 Å². The molecule has 33 heavy (non-hydrogen) atoms. The molecular formula is C23H29ClN4O3S2. The summed E-state index contributed by atoms with van der Waals surface area (Å²) in [5, 5.41) is 0.642. The number of hydrogen-bond donors (Lipinski definition) is 0. The molecule has 0 atom stereocenters. The molecule has 0 spiro atoms. The van der Waals surface area contributed by atoms with Gasteiger partial charge in [0.05, 0.1) is 15.1 Å². The maximum atomic E-state index is 13.4. The van der Waals surface area contributed by atoms with Crippen LogP contribution in [-0.2, 0) is 10.0 Å². The topological polar surface area (TPSA) is 73.8 Å². The minimum absolute atomic E-state index is 0. The molecule has 2 heterocycles. The van der Waals surface area contributed by atoms with Gasteiger partial charge in [-0.1, -0.05) is 29.9 Å². The number of benzene rings is 2. The molecule has 0 saturated carbocycles. The summed E-state index contributed by atoms with van der Waals surface area (Å²) in [6.07, 6.45) is 2.84. The van der Waals surface area contributed by atoms with Gasteiger partial charge in [-0.25, -0.2) is 13.4 Å². The molecule has 1 amide bonds. The first-order chi connectivity index (χ1) is 15.4. The summed E-state index contributed by atoms with van der Waals surface area (Å²) in [5.41, 5.74) is 1.30. The van der Waals surface area contributed by atoms with Gasteiger partial charge < -0.3 is 4.90 Å². The molecule has 1 fully saturated rings. The number of amides is 1. The maximum Gasteiger partial charge on any atom is 0.260 e. The van der Waals surface area contributed by atoms with Gasteiger partial charge in [-0.3, -0.25) is 9.69 Å². The van der Waals surface area contributed by atoms with E-state index in [2.05, 4.69) is 4.98 Å². The van der Waals surface area contributed by atoms with E-state index < -0.39 is 10.0 Å². The number of aromatic nitrogens is 1. The summed E-state index contributed by atoms with van der Waals surface area (Å²) in [5.74, 6) is -0.187. The summed E-state index contributed by atoms with van der Waals surface area (Å²) in [6, 6.07) is 14.1. The van der Waals surface area contributed by atoms with E-state index in [0.29, 0.717) is 36.9 Å². The van der Waals surface area contributed by atoms with Gasteiger partial charge in [0.15, 0.2) is 5.13 Å². The number of carbonyl (C=O) groups excluding carboxylic acids is 1. The monoisotopic (exact) mass is 508 g/mol. The van der Waals surface area contributed by atoms with Gasteiger partial charge in [-0.15, -0.1) is 12.4 Å². The van der Waals surface area contributed by atoms with Crippen molar-refractivity contribution in [2.75, 3.05) is 45.2 Å². The van der Waals surface area contributed by atoms with Gasteiger partial charge in [0.1, 0.15) is 0 Å². The number of piperidine rings is 1. The standard InChI is InChI=1S/C23H28N4O3S2.ClH/c1-25(2)16-17-27(23-24-20-8-4-5-9-21(20)31-23)22(28)18-10-12-19(13-11-18)32(29,30)26-14-6-3-7-15-26;/h4-5,8-13H,3,6-7,14-17H2,1-2H3;1H. The number of fused-ring (bicyclic) bond motifs is 1. The second-order valence-electron chi connectivity index (χ2n) is 8.21. The summed E-state index contributed by atoms with van der Waals surface area (Å²) in [7, 11) is 0.395. The van der Waals surface area contributed by atoms with Crippen molar-refractivity contribution in [1.82, 2.24) is 14.2 Å². The molecule has 0 aliphatic carbocycles. The Labute approximate surface area is 205 Å². The molecule has 10 heteroatoms. The van der Waals surface area contributed by atoms with Crippen LogP contribution in [0.1, 0.15) is 29.6 Å². The molecule has 1 aliphatic heterocycles. The normalized spacial score (nSPS) is 14.9. The molecule has 1 aromatic heterocycles. The average Bonchev–Trinajstić information content (AvgIpc) is 3.23. The molecule has 0 radical (unpaired) electrons. The molecule has 0 N–H and O–H groups in total. The molecule has 0 bridgehead atoms. The van der Waals surface area contributed by atoms with Crippen LogP contribution < -0.4 is 4.90 Å². The first-order valence-corrected chi connectivity index (χ1v) is 13.0. The Morgan fingerprint density at radius 2 is 1.67 bits per heavy atom. The van der Waals surface area contributed by atoms with Crippen LogP contribution in [0.3, 0.4) is 0 Å². The lowest BCUT2D eigenvalue weighted by molar-refractivity contribution is 0.0985. The number of thiazole rings is 1. The Bertz CT molecular complexity index is 1160. The fourth-order valence-corrected chi connectivity index (χ4v) is 6.25. The molecule has 178 valence electrons. The van der Waals surface area contributed by atoms with Crippen molar-refractivity contribution in [2.24, 2.45) is 0 Å². The van der Waals surface area contributed by atoms with Gasteiger partial charge >= 0.3 is 0 Å². The molecule has 1 saturated heterocycles. The second-order valence-corrected chi connectivity index (χ2v) is 11.2. The van der Waals surface area contributed by atoms with Crippen LogP contribution in [0.4, 0.5) is 5.13 Å². The highest BCUT2D eigenvalue weighted by Gasteiger charge is 2.27. The molecule has 7 nitrogen and oxygen atoms in total. The molecule has 0 unspecified atom stereocenters. The lowest BCUT2D eigenvalue weighted by Gasteiger charge is -2.26. The van der Waals surface area contributed by atoms with E-state index in [1.165, 1.54) is 15.6 Å². The highest BCUT2D eigenvalue weighted by atomic mass is 35.5. The predicted octanol–water partition coefficient (Wildman–Crippen LogP) is 4.10. The number of likely N-dealkylation sites (N-methyl/N-ethyl adjacent to an activating group) is 1. The predicted molar refractivity (Wildman–Crippen MR) is 136 cm³/mol. The molecule has 4 rings (SSSR count). The largest absolute Gasteiger partial charge is 0.308 e. The van der Waals surface area contributed by atoms with E-state index in [9.17, 15) is 13.2 Å². The maximum absolute atomic E-state index is 13.4. The third-order valence-corrected chi connectivity index (χ3v) is 8.56.